The third kappa shape index (κ3) is 4.05. The molecule has 0 radical (unpaired) electrons. The van der Waals surface area contributed by atoms with Crippen LogP contribution in [0.5, 0.6) is 0 Å². The summed E-state index contributed by atoms with van der Waals surface area (Å²) in [6.45, 7) is 2.81. The summed E-state index contributed by atoms with van der Waals surface area (Å²) in [5, 5.41) is 11.7. The summed E-state index contributed by atoms with van der Waals surface area (Å²) in [7, 11) is 3.53. The maximum Gasteiger partial charge on any atom is 0.319 e. The summed E-state index contributed by atoms with van der Waals surface area (Å²) in [5.41, 5.74) is 8.25. The minimum Gasteiger partial charge on any atom is -0.364 e. The number of nitrogens with zero attached hydrogens (tertiary/aromatic N) is 4. The average Bonchev–Trinajstić information content (AvgIpc) is 3.17. The molecule has 1 aliphatic heterocycles. The van der Waals surface area contributed by atoms with E-state index in [1.54, 1.807) is 31.3 Å². The van der Waals surface area contributed by atoms with Crippen molar-refractivity contribution in [1.29, 1.82) is 0 Å². The fourth-order valence-corrected chi connectivity index (χ4v) is 4.12. The van der Waals surface area contributed by atoms with Gasteiger partial charge in [-0.05, 0) is 43.0 Å². The lowest BCUT2D eigenvalue weighted by Crippen LogP contribution is -2.52. The average molecular weight is 426 g/mol. The van der Waals surface area contributed by atoms with Crippen LogP contribution in [0.15, 0.2) is 30.5 Å². The van der Waals surface area contributed by atoms with Crippen molar-refractivity contribution in [1.82, 2.24) is 25.0 Å². The Hall–Kier alpha value is -3.20. The molecule has 0 bridgehead atoms. The van der Waals surface area contributed by atoms with E-state index < -0.39 is 0 Å². The van der Waals surface area contributed by atoms with E-state index in [-0.39, 0.29) is 30.5 Å². The van der Waals surface area contributed by atoms with Gasteiger partial charge in [0.05, 0.1) is 5.39 Å². The predicted octanol–water partition coefficient (Wildman–Crippen LogP) is 3.17. The zero-order chi connectivity index (χ0) is 22.1. The van der Waals surface area contributed by atoms with Crippen LogP contribution in [0, 0.1) is 5.82 Å². The Morgan fingerprint density at radius 2 is 2.16 bits per heavy atom. The van der Waals surface area contributed by atoms with E-state index in [2.05, 4.69) is 27.4 Å². The number of piperidine rings is 1. The van der Waals surface area contributed by atoms with Crippen molar-refractivity contribution in [3.05, 3.63) is 41.8 Å². The number of carbonyl (C=O) groups is 1. The topological polar surface area (TPSA) is 103 Å². The smallest absolute Gasteiger partial charge is 0.319 e. The molecular weight excluding hydrogens is 397 g/mol. The number of carbonyl (C=O) groups excluding carboxylic acids is 1. The summed E-state index contributed by atoms with van der Waals surface area (Å²) in [6.07, 6.45) is 3.49. The van der Waals surface area contributed by atoms with Crippen LogP contribution in [0.2, 0.25) is 0 Å². The molecule has 0 aliphatic carbocycles. The van der Waals surface area contributed by atoms with Crippen molar-refractivity contribution in [2.45, 2.75) is 38.4 Å². The van der Waals surface area contributed by atoms with Gasteiger partial charge in [0.15, 0.2) is 11.5 Å². The van der Waals surface area contributed by atoms with Crippen LogP contribution in [-0.2, 0) is 6.54 Å². The molecule has 2 atom stereocenters. The third-order valence-electron chi connectivity index (χ3n) is 5.90. The van der Waals surface area contributed by atoms with Gasteiger partial charge in [0.1, 0.15) is 5.82 Å². The first-order valence-electron chi connectivity index (χ1n) is 10.5. The molecule has 1 aromatic carbocycles. The number of nitrogens with one attached hydrogen (secondary N) is 2. The fraction of sp³-hybridized carbons (Fsp3) is 0.409. The number of hydrogen-bond acceptors (Lipinski definition) is 5. The molecule has 3 heterocycles. The lowest BCUT2D eigenvalue weighted by Gasteiger charge is -2.39. The van der Waals surface area contributed by atoms with E-state index in [4.69, 9.17) is 5.73 Å². The maximum atomic E-state index is 14.4. The first kappa shape index (κ1) is 21.0. The summed E-state index contributed by atoms with van der Waals surface area (Å²) in [5.74, 6) is 0.320. The van der Waals surface area contributed by atoms with E-state index in [1.807, 2.05) is 17.0 Å². The van der Waals surface area contributed by atoms with Gasteiger partial charge >= 0.3 is 6.03 Å². The summed E-state index contributed by atoms with van der Waals surface area (Å²) in [6, 6.07) is 7.15. The second-order valence-corrected chi connectivity index (χ2v) is 8.26. The molecule has 3 aromatic rings. The highest BCUT2D eigenvalue weighted by molar-refractivity contribution is 6.00. The lowest BCUT2D eigenvalue weighted by molar-refractivity contribution is 0.130. The van der Waals surface area contributed by atoms with E-state index in [0.29, 0.717) is 23.6 Å². The molecule has 2 amide bonds. The van der Waals surface area contributed by atoms with E-state index in [9.17, 15) is 9.18 Å². The summed E-state index contributed by atoms with van der Waals surface area (Å²) in [4.78, 5) is 20.4. The zero-order valence-electron chi connectivity index (χ0n) is 18.0. The Morgan fingerprint density at radius 1 is 1.35 bits per heavy atom. The molecule has 4 rings (SSSR count). The molecule has 4 N–H and O–H groups in total. The van der Waals surface area contributed by atoms with Crippen molar-refractivity contribution >= 4 is 22.9 Å². The Balaban J connectivity index is 1.65. The molecule has 2 aromatic heterocycles. The number of likely N-dealkylation sites (tertiary alicyclic amines) is 1. The molecule has 31 heavy (non-hydrogen) atoms. The molecule has 164 valence electrons. The predicted molar refractivity (Wildman–Crippen MR) is 119 cm³/mol. The van der Waals surface area contributed by atoms with Crippen LogP contribution in [0.25, 0.3) is 22.2 Å². The Bertz CT molecular complexity index is 1100. The molecule has 9 heteroatoms. The standard InChI is InChI=1S/C22H28FN7O/c1-13-4-7-16(12-30(13)22(31)29(2)3)26-21-19-17(8-9-25-20(19)27-28-21)14-5-6-15(11-24)18(23)10-14/h5-6,8-10,13,16H,4,7,11-12,24H2,1-3H3,(H2,25,26,27,28)/t13-,16+/m0/s1. The number of urea groups is 1. The first-order valence-corrected chi connectivity index (χ1v) is 10.5. The zero-order valence-corrected chi connectivity index (χ0v) is 18.0. The molecule has 1 aliphatic rings. The molecule has 1 saturated heterocycles. The number of anilines is 1. The number of nitrogens with two attached hydrogens (primary N) is 1. The fourth-order valence-electron chi connectivity index (χ4n) is 4.12. The highest BCUT2D eigenvalue weighted by Crippen LogP contribution is 2.33. The highest BCUT2D eigenvalue weighted by Gasteiger charge is 2.30. The minimum atomic E-state index is -0.331. The van der Waals surface area contributed by atoms with E-state index in [1.165, 1.54) is 6.07 Å². The van der Waals surface area contributed by atoms with Crippen molar-refractivity contribution in [2.75, 3.05) is 26.0 Å². The molecule has 0 spiro atoms. The lowest BCUT2D eigenvalue weighted by atomic mass is 9.98. The SMILES string of the molecule is C[C@H]1CC[C@@H](Nc2n[nH]c3nccc(-c4ccc(CN)c(F)c4)c23)CN1C(=O)N(C)C. The van der Waals surface area contributed by atoms with Crippen molar-refractivity contribution in [3.63, 3.8) is 0 Å². The number of hydrogen-bond donors (Lipinski definition) is 3. The number of halogens is 1. The van der Waals surface area contributed by atoms with Gasteiger partial charge in [0.2, 0.25) is 0 Å². The third-order valence-corrected chi connectivity index (χ3v) is 5.90. The summed E-state index contributed by atoms with van der Waals surface area (Å²) >= 11 is 0. The highest BCUT2D eigenvalue weighted by atomic mass is 19.1. The van der Waals surface area contributed by atoms with Crippen LogP contribution < -0.4 is 11.1 Å². The van der Waals surface area contributed by atoms with Crippen molar-refractivity contribution in [3.8, 4) is 11.1 Å². The number of aromatic nitrogens is 3. The second-order valence-electron chi connectivity index (χ2n) is 8.26. The molecule has 0 saturated carbocycles. The van der Waals surface area contributed by atoms with Gasteiger partial charge in [-0.15, -0.1) is 0 Å². The van der Waals surface area contributed by atoms with Gasteiger partial charge in [0.25, 0.3) is 0 Å². The number of fused-ring (bicyclic) bond motifs is 1. The van der Waals surface area contributed by atoms with E-state index in [0.717, 1.165) is 29.4 Å². The van der Waals surface area contributed by atoms with E-state index >= 15 is 0 Å². The molecule has 1 fully saturated rings. The van der Waals surface area contributed by atoms with Crippen LogP contribution in [-0.4, -0.2) is 63.7 Å². The number of H-pyrrole nitrogens is 1. The van der Waals surface area contributed by atoms with Crippen LogP contribution in [0.3, 0.4) is 0 Å². The molecular formula is C22H28FN7O. The largest absolute Gasteiger partial charge is 0.364 e. The van der Waals surface area contributed by atoms with Gasteiger partial charge in [-0.3, -0.25) is 5.10 Å². The maximum absolute atomic E-state index is 14.4. The Labute approximate surface area is 180 Å². The van der Waals surface area contributed by atoms with Gasteiger partial charge in [-0.1, -0.05) is 12.1 Å². The quantitative estimate of drug-likeness (QED) is 0.596. The Morgan fingerprint density at radius 3 is 2.87 bits per heavy atom. The second kappa shape index (κ2) is 8.50. The van der Waals surface area contributed by atoms with Gasteiger partial charge < -0.3 is 20.9 Å². The van der Waals surface area contributed by atoms with Gasteiger partial charge in [-0.25, -0.2) is 14.2 Å². The normalized spacial score (nSPS) is 18.9. The number of amides is 2. The molecule has 0 unspecified atom stereocenters. The minimum absolute atomic E-state index is 0.00344. The molecule has 8 nitrogen and oxygen atoms in total. The monoisotopic (exact) mass is 425 g/mol. The van der Waals surface area contributed by atoms with Crippen LogP contribution in [0.1, 0.15) is 25.3 Å². The number of aromatic amines is 1. The van der Waals surface area contributed by atoms with Crippen LogP contribution in [0.4, 0.5) is 15.0 Å². The number of rotatable bonds is 4. The Kier molecular flexibility index (Phi) is 5.77. The number of pyridine rings is 1. The van der Waals surface area contributed by atoms with Crippen molar-refractivity contribution < 1.29 is 9.18 Å². The summed E-state index contributed by atoms with van der Waals surface area (Å²) < 4.78 is 14.4. The van der Waals surface area contributed by atoms with Gasteiger partial charge in [-0.2, -0.15) is 5.10 Å². The van der Waals surface area contributed by atoms with Crippen LogP contribution >= 0.6 is 0 Å². The first-order chi connectivity index (χ1) is 14.9. The van der Waals surface area contributed by atoms with Crippen molar-refractivity contribution in [2.24, 2.45) is 5.73 Å². The number of benzene rings is 1. The van der Waals surface area contributed by atoms with Gasteiger partial charge in [0, 0.05) is 51.0 Å².